The van der Waals surface area contributed by atoms with Crippen LogP contribution in [0.25, 0.3) is 5.57 Å². The van der Waals surface area contributed by atoms with Crippen molar-refractivity contribution in [3.63, 3.8) is 0 Å². The monoisotopic (exact) mass is 236 g/mol. The molecule has 2 rings (SSSR count). The Hall–Kier alpha value is -2.15. The van der Waals surface area contributed by atoms with Gasteiger partial charge in [-0.25, -0.2) is 0 Å². The van der Waals surface area contributed by atoms with Gasteiger partial charge in [0.2, 0.25) is 0 Å². The zero-order valence-corrected chi connectivity index (χ0v) is 10.5. The minimum atomic E-state index is 0.471. The van der Waals surface area contributed by atoms with Crippen LogP contribution in [0.1, 0.15) is 24.5 Å². The molecular weight excluding hydrogens is 220 g/mol. The zero-order valence-electron chi connectivity index (χ0n) is 10.5. The highest BCUT2D eigenvalue weighted by Gasteiger charge is 2.07. The average Bonchev–Trinajstić information content (AvgIpc) is 2.42. The van der Waals surface area contributed by atoms with E-state index in [9.17, 15) is 4.79 Å². The Kier molecular flexibility index (Phi) is 4.08. The summed E-state index contributed by atoms with van der Waals surface area (Å²) >= 11 is 0. The summed E-state index contributed by atoms with van der Waals surface area (Å²) in [6, 6.07) is 20.4. The van der Waals surface area contributed by atoms with Crippen LogP contribution in [0.3, 0.4) is 0 Å². The third kappa shape index (κ3) is 2.75. The number of carbonyl (C=O) groups is 1. The van der Waals surface area contributed by atoms with Crippen molar-refractivity contribution in [2.75, 3.05) is 0 Å². The maximum atomic E-state index is 10.7. The van der Waals surface area contributed by atoms with Gasteiger partial charge < -0.3 is 4.79 Å². The predicted molar refractivity (Wildman–Crippen MR) is 75.3 cm³/mol. The predicted octanol–water partition coefficient (Wildman–Crippen LogP) is 4.10. The van der Waals surface area contributed by atoms with Crippen molar-refractivity contribution in [2.24, 2.45) is 0 Å². The third-order valence-electron chi connectivity index (χ3n) is 2.94. The molecule has 0 bridgehead atoms. The second kappa shape index (κ2) is 5.97. The average molecular weight is 236 g/mol. The van der Waals surface area contributed by atoms with E-state index in [1.165, 1.54) is 0 Å². The fraction of sp³-hybridized carbons (Fsp3) is 0.118. The summed E-state index contributed by atoms with van der Waals surface area (Å²) in [5, 5.41) is 0. The molecule has 0 saturated carbocycles. The molecule has 0 N–H and O–H groups in total. The molecule has 0 aliphatic heterocycles. The van der Waals surface area contributed by atoms with Crippen LogP contribution < -0.4 is 0 Å². The number of rotatable bonds is 4. The highest BCUT2D eigenvalue weighted by atomic mass is 16.1. The molecule has 0 spiro atoms. The lowest BCUT2D eigenvalue weighted by Gasteiger charge is -2.12. The Labute approximate surface area is 108 Å². The number of hydrogen-bond donors (Lipinski definition) is 0. The van der Waals surface area contributed by atoms with Crippen molar-refractivity contribution < 1.29 is 4.79 Å². The summed E-state index contributed by atoms with van der Waals surface area (Å²) < 4.78 is 0. The van der Waals surface area contributed by atoms with Crippen molar-refractivity contribution in [1.82, 2.24) is 0 Å². The molecule has 0 saturated heterocycles. The lowest BCUT2D eigenvalue weighted by atomic mass is 9.92. The Bertz CT molecular complexity index is 497. The summed E-state index contributed by atoms with van der Waals surface area (Å²) in [6.07, 6.45) is 1.43. The molecule has 0 aliphatic rings. The standard InChI is InChI=1S/C17H16O/c1-14(12-13-18)17(15-8-4-2-5-9-15)16-10-6-3-7-11-16/h2-11,13H,12H2,1H3. The molecule has 0 heterocycles. The van der Waals surface area contributed by atoms with E-state index < -0.39 is 0 Å². The van der Waals surface area contributed by atoms with Crippen LogP contribution in [0, 0.1) is 0 Å². The number of allylic oxidation sites excluding steroid dienone is 1. The van der Waals surface area contributed by atoms with Gasteiger partial charge in [-0.15, -0.1) is 0 Å². The number of carbonyl (C=O) groups excluding carboxylic acids is 1. The fourth-order valence-corrected chi connectivity index (χ4v) is 2.10. The lowest BCUT2D eigenvalue weighted by molar-refractivity contribution is -0.107. The van der Waals surface area contributed by atoms with Crippen molar-refractivity contribution >= 4 is 11.9 Å². The second-order valence-corrected chi connectivity index (χ2v) is 4.26. The first kappa shape index (κ1) is 12.3. The summed E-state index contributed by atoms with van der Waals surface area (Å²) in [5.41, 5.74) is 4.57. The molecule has 0 aromatic heterocycles. The van der Waals surface area contributed by atoms with Gasteiger partial charge in [0.15, 0.2) is 0 Å². The number of aldehydes is 1. The van der Waals surface area contributed by atoms with Crippen LogP contribution >= 0.6 is 0 Å². The summed E-state index contributed by atoms with van der Waals surface area (Å²) in [5.74, 6) is 0. The van der Waals surface area contributed by atoms with Gasteiger partial charge in [0.1, 0.15) is 6.29 Å². The lowest BCUT2D eigenvalue weighted by Crippen LogP contribution is -1.93. The maximum absolute atomic E-state index is 10.7. The smallest absolute Gasteiger partial charge is 0.124 e. The quantitative estimate of drug-likeness (QED) is 0.730. The summed E-state index contributed by atoms with van der Waals surface area (Å²) in [6.45, 7) is 2.02. The molecule has 90 valence electrons. The Morgan fingerprint density at radius 2 is 1.33 bits per heavy atom. The van der Waals surface area contributed by atoms with Crippen molar-refractivity contribution in [3.05, 3.63) is 77.4 Å². The van der Waals surface area contributed by atoms with Crippen LogP contribution in [-0.4, -0.2) is 6.29 Å². The summed E-state index contributed by atoms with van der Waals surface area (Å²) in [4.78, 5) is 10.7. The van der Waals surface area contributed by atoms with Gasteiger partial charge >= 0.3 is 0 Å². The second-order valence-electron chi connectivity index (χ2n) is 4.26. The van der Waals surface area contributed by atoms with Crippen molar-refractivity contribution in [2.45, 2.75) is 13.3 Å². The molecule has 0 amide bonds. The van der Waals surface area contributed by atoms with Gasteiger partial charge in [0.25, 0.3) is 0 Å². The van der Waals surface area contributed by atoms with Crippen LogP contribution in [0.5, 0.6) is 0 Å². The Morgan fingerprint density at radius 3 is 1.72 bits per heavy atom. The van der Waals surface area contributed by atoms with Crippen LogP contribution in [-0.2, 0) is 4.79 Å². The van der Waals surface area contributed by atoms with Crippen molar-refractivity contribution in [3.8, 4) is 0 Å². The molecule has 0 aliphatic carbocycles. The fourth-order valence-electron chi connectivity index (χ4n) is 2.10. The molecule has 0 atom stereocenters. The maximum Gasteiger partial charge on any atom is 0.124 e. The van der Waals surface area contributed by atoms with E-state index in [0.29, 0.717) is 6.42 Å². The highest BCUT2D eigenvalue weighted by Crippen LogP contribution is 2.27. The summed E-state index contributed by atoms with van der Waals surface area (Å²) in [7, 11) is 0. The highest BCUT2D eigenvalue weighted by molar-refractivity contribution is 5.83. The van der Waals surface area contributed by atoms with Gasteiger partial charge in [0.05, 0.1) is 0 Å². The Morgan fingerprint density at radius 1 is 0.889 bits per heavy atom. The van der Waals surface area contributed by atoms with Crippen molar-refractivity contribution in [1.29, 1.82) is 0 Å². The van der Waals surface area contributed by atoms with E-state index in [-0.39, 0.29) is 0 Å². The first-order valence-electron chi connectivity index (χ1n) is 6.07. The Balaban J connectivity index is 2.56. The molecule has 0 unspecified atom stereocenters. The van der Waals surface area contributed by atoms with Gasteiger partial charge in [-0.3, -0.25) is 0 Å². The van der Waals surface area contributed by atoms with E-state index in [2.05, 4.69) is 24.3 Å². The topological polar surface area (TPSA) is 17.1 Å². The normalized spacial score (nSPS) is 9.83. The molecule has 1 nitrogen and oxygen atoms in total. The zero-order chi connectivity index (χ0) is 12.8. The van der Waals surface area contributed by atoms with E-state index in [1.54, 1.807) is 0 Å². The number of benzene rings is 2. The van der Waals surface area contributed by atoms with E-state index in [1.807, 2.05) is 43.3 Å². The largest absolute Gasteiger partial charge is 0.303 e. The van der Waals surface area contributed by atoms with Crippen LogP contribution in [0.4, 0.5) is 0 Å². The first-order chi connectivity index (χ1) is 8.83. The van der Waals surface area contributed by atoms with Crippen LogP contribution in [0.15, 0.2) is 66.2 Å². The van der Waals surface area contributed by atoms with E-state index in [4.69, 9.17) is 0 Å². The minimum Gasteiger partial charge on any atom is -0.303 e. The van der Waals surface area contributed by atoms with Gasteiger partial charge in [-0.1, -0.05) is 66.2 Å². The van der Waals surface area contributed by atoms with Gasteiger partial charge in [-0.05, 0) is 23.6 Å². The first-order valence-corrected chi connectivity index (χ1v) is 6.07. The van der Waals surface area contributed by atoms with Gasteiger partial charge in [0, 0.05) is 6.42 Å². The molecule has 0 radical (unpaired) electrons. The molecular formula is C17H16O. The molecule has 18 heavy (non-hydrogen) atoms. The van der Waals surface area contributed by atoms with Gasteiger partial charge in [-0.2, -0.15) is 0 Å². The molecule has 2 aromatic rings. The minimum absolute atomic E-state index is 0.471. The molecule has 1 heteroatoms. The molecule has 0 fully saturated rings. The van der Waals surface area contributed by atoms with Crippen LogP contribution in [0.2, 0.25) is 0 Å². The SMILES string of the molecule is CC(CC=O)=C(c1ccccc1)c1ccccc1. The third-order valence-corrected chi connectivity index (χ3v) is 2.94. The van der Waals surface area contributed by atoms with E-state index >= 15 is 0 Å². The molecule has 2 aromatic carbocycles. The van der Waals surface area contributed by atoms with E-state index in [0.717, 1.165) is 28.6 Å². The number of hydrogen-bond acceptors (Lipinski definition) is 1.